The molecule has 2 amide bonds. The summed E-state index contributed by atoms with van der Waals surface area (Å²) in [5, 5.41) is 5.90. The number of carbonyl (C=O) groups is 6. The minimum atomic E-state index is -0.903. The van der Waals surface area contributed by atoms with E-state index in [0.29, 0.717) is 69.0 Å². The molecule has 9 atom stereocenters. The van der Waals surface area contributed by atoms with Crippen LogP contribution in [0.1, 0.15) is 174 Å². The first-order valence-electron chi connectivity index (χ1n) is 26.4. The van der Waals surface area contributed by atoms with E-state index in [1.165, 1.54) is 5.56 Å². The van der Waals surface area contributed by atoms with Gasteiger partial charge in [-0.1, -0.05) is 110 Å². The molecule has 13 heteroatoms. The molecule has 1 aliphatic heterocycles. The molecule has 69 heavy (non-hydrogen) atoms. The summed E-state index contributed by atoms with van der Waals surface area (Å²) >= 11 is 0. The summed E-state index contributed by atoms with van der Waals surface area (Å²) in [6, 6.07) is 14.5. The van der Waals surface area contributed by atoms with Crippen molar-refractivity contribution >= 4 is 42.1 Å². The van der Waals surface area contributed by atoms with Gasteiger partial charge < -0.3 is 31.4 Å². The summed E-state index contributed by atoms with van der Waals surface area (Å²) < 4.78 is 13.1. The van der Waals surface area contributed by atoms with Crippen LogP contribution in [0.4, 0.5) is 0 Å². The van der Waals surface area contributed by atoms with Crippen LogP contribution in [0, 0.1) is 35.0 Å². The van der Waals surface area contributed by atoms with Gasteiger partial charge in [-0.3, -0.25) is 28.8 Å². The number of Topliss-reactive ketones (excluding diaryl/α,β-unsaturated/α-hetero) is 4. The number of aryl methyl sites for hydroxylation is 1. The predicted octanol–water partition coefficient (Wildman–Crippen LogP) is 9.18. The summed E-state index contributed by atoms with van der Waals surface area (Å²) in [6.45, 7) is 17.4. The minimum Gasteiger partial charge on any atom is -0.405 e. The van der Waals surface area contributed by atoms with E-state index < -0.39 is 42.9 Å². The lowest BCUT2D eigenvalue weighted by Crippen LogP contribution is -2.65. The number of amides is 2. The van der Waals surface area contributed by atoms with Crippen LogP contribution in [0.15, 0.2) is 48.5 Å². The SMILES string of the molecule is CCCCc1ccc(-c2ccc(C(=O)CCCC(=O)C[C@@H](CCCCN)C(=O)NC(CCCN)C(=O)C[C@@H](C)C(=O)N[C@@H](CC(C)C)C(=O)C[C@@H](C)B3OC4C[C@@H]5C[C@@H](C5(C)C)[C@]4(C)O3)cc2)cc1. The first-order chi connectivity index (χ1) is 32.8. The molecule has 4 aliphatic rings. The van der Waals surface area contributed by atoms with Crippen LogP contribution in [-0.4, -0.2) is 78.9 Å². The Hall–Kier alpha value is -4.04. The van der Waals surface area contributed by atoms with E-state index in [4.69, 9.17) is 20.8 Å². The van der Waals surface area contributed by atoms with Crippen molar-refractivity contribution < 1.29 is 38.1 Å². The zero-order chi connectivity index (χ0) is 50.5. The quantitative estimate of drug-likeness (QED) is 0.0321. The molecule has 3 aliphatic carbocycles. The summed E-state index contributed by atoms with van der Waals surface area (Å²) in [7, 11) is -0.500. The van der Waals surface area contributed by atoms with E-state index in [2.05, 4.69) is 62.6 Å². The standard InChI is InChI=1S/C56H85BN4O8/c1-9-10-15-39-20-22-40(23-21-39)41-24-26-42(27-25-41)48(63)19-13-17-45(62)33-43(16-11-12-28-58)54(67)60-46(18-14-29-59)49(64)31-37(4)53(66)61-47(30-36(2)3)50(65)32-38(5)57-68-52-35-44-34-51(55(44,6)7)56(52,8)69-57/h20-27,36-38,43-44,46-47,51-52H,9-19,28-35,58-59H2,1-8H3,(H,60,67)(H,61,66)/t37-,38-,43-,44+,46?,47+,51+,52?,56+/m1/s1. The van der Waals surface area contributed by atoms with Crippen molar-refractivity contribution in [2.75, 3.05) is 13.1 Å². The molecule has 0 aromatic heterocycles. The molecule has 2 aromatic rings. The number of unbranched alkanes of at least 4 members (excludes halogenated alkanes) is 2. The molecule has 1 saturated heterocycles. The van der Waals surface area contributed by atoms with Gasteiger partial charge in [-0.2, -0.15) is 0 Å². The molecule has 0 spiro atoms. The highest BCUT2D eigenvalue weighted by molar-refractivity contribution is 6.47. The molecule has 2 aromatic carbocycles. The Morgan fingerprint density at radius 1 is 0.725 bits per heavy atom. The molecule has 2 unspecified atom stereocenters. The fourth-order valence-electron chi connectivity index (χ4n) is 11.1. The Kier molecular flexibility index (Phi) is 21.0. The van der Waals surface area contributed by atoms with Gasteiger partial charge >= 0.3 is 7.12 Å². The van der Waals surface area contributed by atoms with Gasteiger partial charge in [0.05, 0.1) is 23.8 Å². The Morgan fingerprint density at radius 3 is 1.99 bits per heavy atom. The topological polar surface area (TPSA) is 197 Å². The average Bonchev–Trinajstić information content (AvgIpc) is 3.69. The van der Waals surface area contributed by atoms with Crippen LogP contribution >= 0.6 is 0 Å². The molecule has 3 saturated carbocycles. The first kappa shape index (κ1) is 55.9. The van der Waals surface area contributed by atoms with E-state index in [1.54, 1.807) is 6.92 Å². The smallest absolute Gasteiger partial charge is 0.405 e. The predicted molar refractivity (Wildman–Crippen MR) is 274 cm³/mol. The lowest BCUT2D eigenvalue weighted by molar-refractivity contribution is -0.199. The van der Waals surface area contributed by atoms with E-state index in [0.717, 1.165) is 43.2 Å². The van der Waals surface area contributed by atoms with Crippen LogP contribution in [0.2, 0.25) is 5.82 Å². The zero-order valence-corrected chi connectivity index (χ0v) is 43.2. The highest BCUT2D eigenvalue weighted by Crippen LogP contribution is 2.66. The molecule has 380 valence electrons. The summed E-state index contributed by atoms with van der Waals surface area (Å²) in [5.41, 5.74) is 15.5. The maximum Gasteiger partial charge on any atom is 0.461 e. The second kappa shape index (κ2) is 25.9. The normalized spacial score (nSPS) is 22.4. The molecular weight excluding hydrogens is 867 g/mol. The number of benzene rings is 2. The van der Waals surface area contributed by atoms with Gasteiger partial charge in [0.15, 0.2) is 17.3 Å². The van der Waals surface area contributed by atoms with Gasteiger partial charge in [0.25, 0.3) is 0 Å². The van der Waals surface area contributed by atoms with Crippen LogP contribution in [-0.2, 0) is 39.7 Å². The lowest BCUT2D eigenvalue weighted by Gasteiger charge is -2.64. The number of rotatable bonds is 31. The Labute approximate surface area is 413 Å². The highest BCUT2D eigenvalue weighted by atomic mass is 16.7. The van der Waals surface area contributed by atoms with Crippen molar-refractivity contribution in [2.45, 2.75) is 194 Å². The minimum absolute atomic E-state index is 0.0118. The van der Waals surface area contributed by atoms with Gasteiger partial charge in [0.1, 0.15) is 5.78 Å². The third-order valence-corrected chi connectivity index (χ3v) is 15.8. The lowest BCUT2D eigenvalue weighted by atomic mass is 9.43. The van der Waals surface area contributed by atoms with E-state index >= 15 is 0 Å². The fraction of sp³-hybridized carbons (Fsp3) is 0.679. The number of hydrogen-bond donors (Lipinski definition) is 4. The Bertz CT molecular complexity index is 2040. The highest BCUT2D eigenvalue weighted by Gasteiger charge is 2.68. The maximum absolute atomic E-state index is 13.9. The van der Waals surface area contributed by atoms with Gasteiger partial charge in [-0.15, -0.1) is 0 Å². The molecule has 6 N–H and O–H groups in total. The molecule has 12 nitrogen and oxygen atoms in total. The van der Waals surface area contributed by atoms with Crippen LogP contribution < -0.4 is 22.1 Å². The Morgan fingerprint density at radius 2 is 1.36 bits per heavy atom. The second-order valence-corrected chi connectivity index (χ2v) is 22.1. The van der Waals surface area contributed by atoms with Gasteiger partial charge in [0.2, 0.25) is 11.8 Å². The van der Waals surface area contributed by atoms with E-state index in [-0.39, 0.29) is 90.5 Å². The second-order valence-electron chi connectivity index (χ2n) is 22.1. The summed E-state index contributed by atoms with van der Waals surface area (Å²) in [6.07, 6.45) is 9.14. The largest absolute Gasteiger partial charge is 0.461 e. The van der Waals surface area contributed by atoms with E-state index in [9.17, 15) is 28.8 Å². The van der Waals surface area contributed by atoms with Gasteiger partial charge in [-0.05, 0) is 130 Å². The third kappa shape index (κ3) is 15.0. The van der Waals surface area contributed by atoms with Crippen molar-refractivity contribution in [3.8, 4) is 11.1 Å². The molecule has 1 heterocycles. The monoisotopic (exact) mass is 953 g/mol. The zero-order valence-electron chi connectivity index (χ0n) is 43.2. The van der Waals surface area contributed by atoms with Crippen LogP contribution in [0.5, 0.6) is 0 Å². The number of nitrogens with two attached hydrogens (primary N) is 2. The van der Waals surface area contributed by atoms with Crippen molar-refractivity contribution in [2.24, 2.45) is 46.5 Å². The molecular formula is C56H85BN4O8. The number of hydrogen-bond acceptors (Lipinski definition) is 10. The van der Waals surface area contributed by atoms with Crippen molar-refractivity contribution in [3.05, 3.63) is 59.7 Å². The number of nitrogens with one attached hydrogen (secondary N) is 2. The van der Waals surface area contributed by atoms with Crippen molar-refractivity contribution in [3.63, 3.8) is 0 Å². The molecule has 4 fully saturated rings. The van der Waals surface area contributed by atoms with Gasteiger partial charge in [-0.25, -0.2) is 0 Å². The first-order valence-corrected chi connectivity index (χ1v) is 26.4. The van der Waals surface area contributed by atoms with Crippen LogP contribution in [0.25, 0.3) is 11.1 Å². The van der Waals surface area contributed by atoms with Crippen molar-refractivity contribution in [1.82, 2.24) is 10.6 Å². The van der Waals surface area contributed by atoms with Crippen molar-refractivity contribution in [1.29, 1.82) is 0 Å². The summed E-state index contributed by atoms with van der Waals surface area (Å²) in [5.74, 6) is -1.91. The molecule has 6 rings (SSSR count). The molecule has 2 bridgehead atoms. The number of ketones is 4. The summed E-state index contributed by atoms with van der Waals surface area (Å²) in [4.78, 5) is 81.9. The van der Waals surface area contributed by atoms with Gasteiger partial charge in [0, 0.05) is 49.5 Å². The maximum atomic E-state index is 13.9. The van der Waals surface area contributed by atoms with E-state index in [1.807, 2.05) is 45.0 Å². The number of carbonyl (C=O) groups excluding carboxylic acids is 6. The third-order valence-electron chi connectivity index (χ3n) is 15.8. The average molecular weight is 953 g/mol. The fourth-order valence-corrected chi connectivity index (χ4v) is 11.1. The Balaban J connectivity index is 1.11. The molecule has 0 radical (unpaired) electrons. The van der Waals surface area contributed by atoms with Crippen LogP contribution in [0.3, 0.4) is 0 Å².